The second-order valence-electron chi connectivity index (χ2n) is 2.26. The normalized spacial score (nSPS) is 8.58. The molecular formula is C7H10BNaO3. The molecule has 3 nitrogen and oxygen atoms in total. The van der Waals surface area contributed by atoms with E-state index in [0.717, 1.165) is 5.56 Å². The zero-order chi connectivity index (χ0) is 8.27. The molecule has 1 rings (SSSR count). The molecule has 0 amide bonds. The van der Waals surface area contributed by atoms with Crippen LogP contribution in [0.2, 0.25) is 0 Å². The molecule has 5 heteroatoms. The van der Waals surface area contributed by atoms with Gasteiger partial charge in [-0.25, -0.2) is 0 Å². The van der Waals surface area contributed by atoms with Crippen molar-refractivity contribution in [1.82, 2.24) is 0 Å². The molecule has 0 aliphatic carbocycles. The molecule has 0 bridgehead atoms. The van der Waals surface area contributed by atoms with Crippen LogP contribution in [0.3, 0.4) is 0 Å². The summed E-state index contributed by atoms with van der Waals surface area (Å²) in [6.07, 6.45) is 0. The molecule has 0 saturated heterocycles. The fourth-order valence-electron chi connectivity index (χ4n) is 0.739. The predicted octanol–water partition coefficient (Wildman–Crippen LogP) is -0.305. The van der Waals surface area contributed by atoms with Crippen LogP contribution in [-0.2, 0) is 0 Å². The van der Waals surface area contributed by atoms with Gasteiger partial charge in [0.1, 0.15) is 5.75 Å². The van der Waals surface area contributed by atoms with Crippen LogP contribution in [0, 0.1) is 6.92 Å². The van der Waals surface area contributed by atoms with Crippen LogP contribution < -0.4 is 4.65 Å². The van der Waals surface area contributed by atoms with Crippen molar-refractivity contribution < 1.29 is 14.7 Å². The van der Waals surface area contributed by atoms with Crippen LogP contribution in [0.4, 0.5) is 0 Å². The minimum absolute atomic E-state index is 0. The maximum atomic E-state index is 8.41. The van der Waals surface area contributed by atoms with Gasteiger partial charge in [-0.05, 0) is 19.1 Å². The van der Waals surface area contributed by atoms with Gasteiger partial charge in [-0.1, -0.05) is 17.7 Å². The summed E-state index contributed by atoms with van der Waals surface area (Å²) in [5.74, 6) is 0.450. The summed E-state index contributed by atoms with van der Waals surface area (Å²) in [4.78, 5) is 0. The summed E-state index contributed by atoms with van der Waals surface area (Å²) in [5, 5.41) is 16.8. The Morgan fingerprint density at radius 1 is 1.17 bits per heavy atom. The molecule has 0 aliphatic heterocycles. The number of hydrogen-bond donors (Lipinski definition) is 2. The molecule has 60 valence electrons. The Morgan fingerprint density at radius 2 is 1.67 bits per heavy atom. The summed E-state index contributed by atoms with van der Waals surface area (Å²) >= 11 is 0. The number of hydrogen-bond acceptors (Lipinski definition) is 3. The molecule has 0 saturated carbocycles. The molecule has 1 aromatic carbocycles. The van der Waals surface area contributed by atoms with Gasteiger partial charge in [0.05, 0.1) is 0 Å². The van der Waals surface area contributed by atoms with Gasteiger partial charge >= 0.3 is 36.9 Å². The molecule has 2 N–H and O–H groups in total. The average Bonchev–Trinajstić information content (AvgIpc) is 1.93. The van der Waals surface area contributed by atoms with E-state index in [-0.39, 0.29) is 29.6 Å². The molecule has 1 aromatic rings. The second-order valence-corrected chi connectivity index (χ2v) is 2.26. The van der Waals surface area contributed by atoms with Gasteiger partial charge in [0.2, 0.25) is 0 Å². The van der Waals surface area contributed by atoms with E-state index < -0.39 is 7.32 Å². The van der Waals surface area contributed by atoms with Crippen molar-refractivity contribution in [2.45, 2.75) is 6.92 Å². The SMILES string of the molecule is Cc1ccc(OB(O)O)cc1.[NaH]. The Bertz CT molecular complexity index is 225. The first-order valence-electron chi connectivity index (χ1n) is 3.28. The van der Waals surface area contributed by atoms with Crippen molar-refractivity contribution in [3.05, 3.63) is 29.8 Å². The van der Waals surface area contributed by atoms with Crippen LogP contribution in [0.25, 0.3) is 0 Å². The quantitative estimate of drug-likeness (QED) is 0.608. The fraction of sp³-hybridized carbons (Fsp3) is 0.143. The zero-order valence-corrected chi connectivity index (χ0v) is 6.19. The fourth-order valence-corrected chi connectivity index (χ4v) is 0.739. The Morgan fingerprint density at radius 3 is 2.08 bits per heavy atom. The molecule has 12 heavy (non-hydrogen) atoms. The van der Waals surface area contributed by atoms with E-state index in [1.165, 1.54) is 0 Å². The Hall–Kier alpha value is 0.00494. The summed E-state index contributed by atoms with van der Waals surface area (Å²) in [7, 11) is -1.74. The first-order chi connectivity index (χ1) is 5.18. The van der Waals surface area contributed by atoms with E-state index in [1.54, 1.807) is 12.1 Å². The van der Waals surface area contributed by atoms with Gasteiger partial charge < -0.3 is 14.7 Å². The molecular weight excluding hydrogens is 166 g/mol. The molecule has 0 fully saturated rings. The van der Waals surface area contributed by atoms with Crippen molar-refractivity contribution in [3.8, 4) is 5.75 Å². The van der Waals surface area contributed by atoms with Crippen LogP contribution in [-0.4, -0.2) is 46.9 Å². The first kappa shape index (κ1) is 12.0. The standard InChI is InChI=1S/C7H9BO3.Na.H/c1-6-2-4-7(5-3-6)11-8(9)10;;/h2-5,9-10H,1H3;;. The molecule has 0 spiro atoms. The van der Waals surface area contributed by atoms with Gasteiger partial charge in [0, 0.05) is 0 Å². The summed E-state index contributed by atoms with van der Waals surface area (Å²) in [5.41, 5.74) is 1.10. The number of benzene rings is 1. The Labute approximate surface area is 93.8 Å². The van der Waals surface area contributed by atoms with E-state index in [4.69, 9.17) is 10.0 Å². The van der Waals surface area contributed by atoms with E-state index in [9.17, 15) is 0 Å². The van der Waals surface area contributed by atoms with Crippen LogP contribution in [0.5, 0.6) is 5.75 Å². The van der Waals surface area contributed by atoms with Crippen molar-refractivity contribution in [2.75, 3.05) is 0 Å². The molecule has 0 atom stereocenters. The van der Waals surface area contributed by atoms with E-state index in [0.29, 0.717) is 5.75 Å². The molecule has 0 aliphatic rings. The average molecular weight is 176 g/mol. The van der Waals surface area contributed by atoms with E-state index in [2.05, 4.69) is 4.65 Å². The van der Waals surface area contributed by atoms with Crippen LogP contribution in [0.15, 0.2) is 24.3 Å². The molecule has 0 aromatic heterocycles. The monoisotopic (exact) mass is 176 g/mol. The summed E-state index contributed by atoms with van der Waals surface area (Å²) < 4.78 is 4.58. The number of aryl methyl sites for hydroxylation is 1. The third kappa shape index (κ3) is 4.14. The zero-order valence-electron chi connectivity index (χ0n) is 6.19. The van der Waals surface area contributed by atoms with Crippen molar-refractivity contribution in [2.24, 2.45) is 0 Å². The van der Waals surface area contributed by atoms with Gasteiger partial charge in [-0.3, -0.25) is 0 Å². The second kappa shape index (κ2) is 5.62. The molecule has 0 unspecified atom stereocenters. The van der Waals surface area contributed by atoms with Crippen LogP contribution >= 0.6 is 0 Å². The predicted molar refractivity (Wildman–Crippen MR) is 49.1 cm³/mol. The van der Waals surface area contributed by atoms with Crippen molar-refractivity contribution >= 4 is 36.9 Å². The number of rotatable bonds is 2. The molecule has 0 radical (unpaired) electrons. The van der Waals surface area contributed by atoms with Gasteiger partial charge in [-0.15, -0.1) is 0 Å². The summed E-state index contributed by atoms with van der Waals surface area (Å²) in [6, 6.07) is 7.01. The Balaban J connectivity index is 0.00000121. The third-order valence-corrected chi connectivity index (χ3v) is 1.26. The molecule has 0 heterocycles. The van der Waals surface area contributed by atoms with Crippen molar-refractivity contribution in [3.63, 3.8) is 0 Å². The Kier molecular flexibility index (Phi) is 5.62. The minimum atomic E-state index is -1.74. The summed E-state index contributed by atoms with van der Waals surface area (Å²) in [6.45, 7) is 1.94. The van der Waals surface area contributed by atoms with Crippen molar-refractivity contribution in [1.29, 1.82) is 0 Å². The van der Waals surface area contributed by atoms with Gasteiger partial charge in [0.15, 0.2) is 0 Å². The topological polar surface area (TPSA) is 49.7 Å². The third-order valence-electron chi connectivity index (χ3n) is 1.26. The van der Waals surface area contributed by atoms with Gasteiger partial charge in [-0.2, -0.15) is 0 Å². The van der Waals surface area contributed by atoms with Gasteiger partial charge in [0.25, 0.3) is 0 Å². The van der Waals surface area contributed by atoms with E-state index in [1.807, 2.05) is 19.1 Å². The van der Waals surface area contributed by atoms with Crippen LogP contribution in [0.1, 0.15) is 5.56 Å². The van der Waals surface area contributed by atoms with E-state index >= 15 is 0 Å². The first-order valence-corrected chi connectivity index (χ1v) is 3.28. The maximum absolute atomic E-state index is 8.41.